The molecule has 4 N–H and O–H groups in total. The van der Waals surface area contributed by atoms with Crippen LogP contribution in [0.1, 0.15) is 168 Å². The van der Waals surface area contributed by atoms with E-state index in [4.69, 9.17) is 18.9 Å². The summed E-state index contributed by atoms with van der Waals surface area (Å²) in [6, 6.07) is 0. The number of aliphatic hydroxyl groups excluding tert-OH is 4. The van der Waals surface area contributed by atoms with Crippen LogP contribution in [-0.2, 0) is 28.5 Å². The second-order valence-electron chi connectivity index (χ2n) is 15.1. The quantitative estimate of drug-likeness (QED) is 0.0274. The van der Waals surface area contributed by atoms with E-state index in [1.165, 1.54) is 44.9 Å². The Morgan fingerprint density at radius 3 is 1.56 bits per heavy atom. The first-order chi connectivity index (χ1) is 27.8. The molecular weight excluding hydrogens is 725 g/mol. The molecule has 0 amide bonds. The van der Waals surface area contributed by atoms with Crippen molar-refractivity contribution in [3.63, 3.8) is 0 Å². The highest BCUT2D eigenvalue weighted by Crippen LogP contribution is 2.22. The Morgan fingerprint density at radius 1 is 0.561 bits per heavy atom. The number of aliphatic hydroxyl groups is 4. The van der Waals surface area contributed by atoms with Crippen molar-refractivity contribution in [2.75, 3.05) is 19.8 Å². The van der Waals surface area contributed by atoms with Gasteiger partial charge in [0.2, 0.25) is 0 Å². The van der Waals surface area contributed by atoms with E-state index >= 15 is 0 Å². The summed E-state index contributed by atoms with van der Waals surface area (Å²) in [5, 5.41) is 40.1. The number of unbranched alkanes of at least 4 members (excludes halogenated alkanes) is 15. The van der Waals surface area contributed by atoms with Crippen LogP contribution >= 0.6 is 0 Å². The molecule has 57 heavy (non-hydrogen) atoms. The largest absolute Gasteiger partial charge is 0.462 e. The standard InChI is InChI=1S/C47H80O10/c1-3-5-7-9-11-13-15-17-19-20-22-23-25-27-29-31-33-35-42(49)54-38-40(39-55-47-46(53)45(52)44(51)41(37-48)57-47)56-43(50)36-34-32-30-28-26-24-21-18-16-14-12-10-8-6-4-2/h6,8,11-14,17-19,21,40-41,44-48,51-53H,3-5,7,9-10,15-16,20,22-39H2,1-2H3/b8-6-,13-11-,14-12-,19-17-,21-18-. The maximum Gasteiger partial charge on any atom is 0.306 e. The summed E-state index contributed by atoms with van der Waals surface area (Å²) in [6.45, 7) is 3.25. The lowest BCUT2D eigenvalue weighted by Gasteiger charge is -2.39. The van der Waals surface area contributed by atoms with Crippen molar-refractivity contribution in [3.05, 3.63) is 60.8 Å². The van der Waals surface area contributed by atoms with Gasteiger partial charge in [0, 0.05) is 12.8 Å². The molecule has 1 heterocycles. The molecule has 0 spiro atoms. The third kappa shape index (κ3) is 29.3. The zero-order valence-electron chi connectivity index (χ0n) is 35.6. The van der Waals surface area contributed by atoms with Crippen LogP contribution in [0.4, 0.5) is 0 Å². The van der Waals surface area contributed by atoms with E-state index in [9.17, 15) is 30.0 Å². The summed E-state index contributed by atoms with van der Waals surface area (Å²) in [6.07, 6.45) is 37.9. The van der Waals surface area contributed by atoms with Gasteiger partial charge in [-0.1, -0.05) is 139 Å². The van der Waals surface area contributed by atoms with Crippen LogP contribution in [0, 0.1) is 0 Å². The van der Waals surface area contributed by atoms with Gasteiger partial charge in [-0.3, -0.25) is 9.59 Å². The lowest BCUT2D eigenvalue weighted by Crippen LogP contribution is -2.59. The van der Waals surface area contributed by atoms with Crippen LogP contribution in [0.25, 0.3) is 0 Å². The van der Waals surface area contributed by atoms with Crippen LogP contribution in [0.5, 0.6) is 0 Å². The molecule has 1 aliphatic rings. The molecule has 0 saturated carbocycles. The molecule has 1 saturated heterocycles. The van der Waals surface area contributed by atoms with Crippen LogP contribution in [0.3, 0.4) is 0 Å². The zero-order chi connectivity index (χ0) is 41.6. The molecular formula is C47H80O10. The number of rotatable bonds is 36. The van der Waals surface area contributed by atoms with Crippen LogP contribution in [-0.4, -0.2) is 89.0 Å². The monoisotopic (exact) mass is 805 g/mol. The Kier molecular flexibility index (Phi) is 34.6. The minimum atomic E-state index is -1.60. The highest BCUT2D eigenvalue weighted by Gasteiger charge is 2.44. The molecule has 10 heteroatoms. The van der Waals surface area contributed by atoms with E-state index in [-0.39, 0.29) is 26.1 Å². The maximum atomic E-state index is 12.8. The molecule has 0 aliphatic carbocycles. The molecule has 10 nitrogen and oxygen atoms in total. The minimum Gasteiger partial charge on any atom is -0.462 e. The van der Waals surface area contributed by atoms with Gasteiger partial charge in [0.25, 0.3) is 0 Å². The SMILES string of the molecule is CC/C=C\C/C=C\C/C=C\CCCCCCCC(=O)OC(COC(=O)CCCCCCCCC/C=C\C/C=C\CCCCC)COC1OC(CO)C(O)C(O)C1O. The van der Waals surface area contributed by atoms with Crippen molar-refractivity contribution in [1.29, 1.82) is 0 Å². The van der Waals surface area contributed by atoms with Gasteiger partial charge >= 0.3 is 11.9 Å². The number of ether oxygens (including phenoxy) is 4. The third-order valence-electron chi connectivity index (χ3n) is 9.89. The first-order valence-corrected chi connectivity index (χ1v) is 22.4. The molecule has 0 radical (unpaired) electrons. The van der Waals surface area contributed by atoms with E-state index in [0.29, 0.717) is 12.8 Å². The molecule has 1 rings (SSSR count). The van der Waals surface area contributed by atoms with Gasteiger partial charge in [-0.05, 0) is 77.0 Å². The Hall–Kier alpha value is -2.60. The fourth-order valence-corrected chi connectivity index (χ4v) is 6.35. The highest BCUT2D eigenvalue weighted by atomic mass is 16.7. The molecule has 0 aromatic carbocycles. The van der Waals surface area contributed by atoms with Gasteiger partial charge in [-0.2, -0.15) is 0 Å². The summed E-state index contributed by atoms with van der Waals surface area (Å²) in [5.41, 5.74) is 0. The van der Waals surface area contributed by atoms with Crippen LogP contribution < -0.4 is 0 Å². The van der Waals surface area contributed by atoms with E-state index in [1.54, 1.807) is 0 Å². The van der Waals surface area contributed by atoms with Crippen molar-refractivity contribution in [1.82, 2.24) is 0 Å². The first kappa shape index (κ1) is 52.4. The van der Waals surface area contributed by atoms with Gasteiger partial charge in [0.15, 0.2) is 12.4 Å². The lowest BCUT2D eigenvalue weighted by molar-refractivity contribution is -0.305. The molecule has 0 bridgehead atoms. The van der Waals surface area contributed by atoms with E-state index < -0.39 is 55.4 Å². The maximum absolute atomic E-state index is 12.8. The van der Waals surface area contributed by atoms with Crippen molar-refractivity contribution >= 4 is 11.9 Å². The second-order valence-corrected chi connectivity index (χ2v) is 15.1. The average molecular weight is 805 g/mol. The minimum absolute atomic E-state index is 0.206. The molecule has 1 aliphatic heterocycles. The van der Waals surface area contributed by atoms with Crippen molar-refractivity contribution in [2.24, 2.45) is 0 Å². The normalized spacial score (nSPS) is 20.8. The summed E-state index contributed by atoms with van der Waals surface area (Å²) in [5.74, 6) is -0.839. The van der Waals surface area contributed by atoms with Crippen LogP contribution in [0.15, 0.2) is 60.8 Å². The first-order valence-electron chi connectivity index (χ1n) is 22.4. The zero-order valence-corrected chi connectivity index (χ0v) is 35.6. The molecule has 6 atom stereocenters. The average Bonchev–Trinajstić information content (AvgIpc) is 3.21. The topological polar surface area (TPSA) is 152 Å². The lowest BCUT2D eigenvalue weighted by atomic mass is 9.99. The Bertz CT molecular complexity index is 1110. The third-order valence-corrected chi connectivity index (χ3v) is 9.89. The second kappa shape index (κ2) is 37.7. The highest BCUT2D eigenvalue weighted by molar-refractivity contribution is 5.70. The van der Waals surface area contributed by atoms with Gasteiger partial charge in [-0.25, -0.2) is 0 Å². The van der Waals surface area contributed by atoms with Crippen LogP contribution in [0.2, 0.25) is 0 Å². The number of carbonyl (C=O) groups excluding carboxylic acids is 2. The fraction of sp³-hybridized carbons (Fsp3) is 0.745. The van der Waals surface area contributed by atoms with E-state index in [2.05, 4.69) is 74.6 Å². The summed E-state index contributed by atoms with van der Waals surface area (Å²) < 4.78 is 22.1. The summed E-state index contributed by atoms with van der Waals surface area (Å²) in [7, 11) is 0. The summed E-state index contributed by atoms with van der Waals surface area (Å²) >= 11 is 0. The molecule has 1 fully saturated rings. The summed E-state index contributed by atoms with van der Waals surface area (Å²) in [4.78, 5) is 25.3. The van der Waals surface area contributed by atoms with Gasteiger partial charge in [0.1, 0.15) is 31.0 Å². The Balaban J connectivity index is 2.35. The predicted octanol–water partition coefficient (Wildman–Crippen LogP) is 9.44. The predicted molar refractivity (Wildman–Crippen MR) is 228 cm³/mol. The van der Waals surface area contributed by atoms with E-state index in [0.717, 1.165) is 83.5 Å². The number of allylic oxidation sites excluding steroid dienone is 10. The van der Waals surface area contributed by atoms with Crippen molar-refractivity contribution in [3.8, 4) is 0 Å². The van der Waals surface area contributed by atoms with E-state index in [1.807, 2.05) is 0 Å². The molecule has 6 unspecified atom stereocenters. The smallest absolute Gasteiger partial charge is 0.306 e. The fourth-order valence-electron chi connectivity index (χ4n) is 6.35. The Morgan fingerprint density at radius 2 is 1.04 bits per heavy atom. The van der Waals surface area contributed by atoms with Gasteiger partial charge in [-0.15, -0.1) is 0 Å². The van der Waals surface area contributed by atoms with Crippen molar-refractivity contribution in [2.45, 2.75) is 205 Å². The van der Waals surface area contributed by atoms with Gasteiger partial charge < -0.3 is 39.4 Å². The number of hydrogen-bond donors (Lipinski definition) is 4. The number of esters is 2. The Labute approximate surface area is 345 Å². The number of carbonyl (C=O) groups is 2. The molecule has 328 valence electrons. The molecule has 0 aromatic rings. The van der Waals surface area contributed by atoms with Gasteiger partial charge in [0.05, 0.1) is 13.2 Å². The molecule has 0 aromatic heterocycles. The van der Waals surface area contributed by atoms with Crippen molar-refractivity contribution < 1.29 is 49.0 Å². The number of hydrogen-bond acceptors (Lipinski definition) is 10.